The number of nitrogens with zero attached hydrogens (tertiary/aromatic N) is 1. The Balaban J connectivity index is 1.92. The second kappa shape index (κ2) is 5.07. The second-order valence-corrected chi connectivity index (χ2v) is 7.39. The summed E-state index contributed by atoms with van der Waals surface area (Å²) >= 11 is 0. The van der Waals surface area contributed by atoms with Crippen LogP contribution in [0.25, 0.3) is 11.3 Å². The number of sulfone groups is 1. The minimum Gasteiger partial charge on any atom is -0.497 e. The highest BCUT2D eigenvalue weighted by Gasteiger charge is 2.30. The van der Waals surface area contributed by atoms with Crippen molar-refractivity contribution in [2.75, 3.05) is 18.6 Å². The largest absolute Gasteiger partial charge is 0.497 e. The molecule has 1 aromatic heterocycles. The summed E-state index contributed by atoms with van der Waals surface area (Å²) < 4.78 is 29.6. The molecule has 1 saturated heterocycles. The van der Waals surface area contributed by atoms with Gasteiger partial charge in [-0.25, -0.2) is 13.1 Å². The minimum absolute atomic E-state index is 0.0233. The van der Waals surface area contributed by atoms with E-state index in [1.54, 1.807) is 7.11 Å². The number of rotatable bonds is 3. The Morgan fingerprint density at radius 2 is 2.00 bits per heavy atom. The van der Waals surface area contributed by atoms with Gasteiger partial charge in [-0.3, -0.25) is 9.89 Å². The van der Waals surface area contributed by atoms with Gasteiger partial charge in [-0.2, -0.15) is 0 Å². The van der Waals surface area contributed by atoms with Crippen LogP contribution in [0.5, 0.6) is 5.75 Å². The third kappa shape index (κ3) is 2.73. The van der Waals surface area contributed by atoms with Crippen molar-refractivity contribution in [2.24, 2.45) is 0 Å². The van der Waals surface area contributed by atoms with E-state index in [2.05, 4.69) is 5.10 Å². The van der Waals surface area contributed by atoms with Crippen molar-refractivity contribution < 1.29 is 13.2 Å². The molecule has 1 aliphatic rings. The average Bonchev–Trinajstić information content (AvgIpc) is 3.01. The van der Waals surface area contributed by atoms with Crippen molar-refractivity contribution in [1.29, 1.82) is 0 Å². The molecule has 0 bridgehead atoms. The van der Waals surface area contributed by atoms with Gasteiger partial charge in [0.05, 0.1) is 30.4 Å². The van der Waals surface area contributed by atoms with Crippen LogP contribution in [0.15, 0.2) is 35.1 Å². The van der Waals surface area contributed by atoms with Crippen LogP contribution in [-0.4, -0.2) is 36.8 Å². The fourth-order valence-corrected chi connectivity index (χ4v) is 4.28. The fraction of sp³-hybridized carbons (Fsp3) is 0.357. The summed E-state index contributed by atoms with van der Waals surface area (Å²) in [5.41, 5.74) is 1.32. The summed E-state index contributed by atoms with van der Waals surface area (Å²) in [5, 5.41) is 3.01. The van der Waals surface area contributed by atoms with Crippen LogP contribution >= 0.6 is 0 Å². The lowest BCUT2D eigenvalue weighted by Gasteiger charge is -2.08. The third-order valence-corrected chi connectivity index (χ3v) is 5.47. The molecule has 3 rings (SSSR count). The number of methoxy groups -OCH3 is 1. The van der Waals surface area contributed by atoms with Crippen LogP contribution in [0.2, 0.25) is 0 Å². The van der Waals surface area contributed by atoms with Gasteiger partial charge in [0.2, 0.25) is 0 Å². The molecule has 112 valence electrons. The Bertz CT molecular complexity index is 802. The highest BCUT2D eigenvalue weighted by molar-refractivity contribution is 7.91. The van der Waals surface area contributed by atoms with Crippen LogP contribution in [0.1, 0.15) is 12.5 Å². The maximum Gasteiger partial charge on any atom is 0.267 e. The maximum absolute atomic E-state index is 12.0. The number of ether oxygens (including phenoxy) is 1. The van der Waals surface area contributed by atoms with Gasteiger partial charge in [0.15, 0.2) is 9.84 Å². The van der Waals surface area contributed by atoms with Gasteiger partial charge in [-0.15, -0.1) is 0 Å². The van der Waals surface area contributed by atoms with Crippen molar-refractivity contribution >= 4 is 9.84 Å². The first-order chi connectivity index (χ1) is 9.98. The predicted octanol–water partition coefficient (Wildman–Crippen LogP) is 1.21. The standard InChI is InChI=1S/C14H16N2O4S/c1-20-12-4-2-10(3-5-12)13-8-14(17)16(15-13)11-6-7-21(18,19)9-11/h2-5,8,11,15H,6-7,9H2,1H3/t11-/m1/s1. The number of aromatic nitrogens is 2. The lowest BCUT2D eigenvalue weighted by Crippen LogP contribution is -2.22. The SMILES string of the molecule is COc1ccc(-c2cc(=O)n([C@@H]3CCS(=O)(=O)C3)[nH]2)cc1. The third-order valence-electron chi connectivity index (χ3n) is 3.72. The number of hydrogen-bond acceptors (Lipinski definition) is 4. The smallest absolute Gasteiger partial charge is 0.267 e. The summed E-state index contributed by atoms with van der Waals surface area (Å²) in [6, 6.07) is 8.51. The normalized spacial score (nSPS) is 20.5. The van der Waals surface area contributed by atoms with Gasteiger partial charge in [0.1, 0.15) is 5.75 Å². The number of nitrogens with one attached hydrogen (secondary N) is 1. The summed E-state index contributed by atoms with van der Waals surface area (Å²) in [7, 11) is -1.43. The van der Waals surface area contributed by atoms with E-state index in [1.165, 1.54) is 10.7 Å². The van der Waals surface area contributed by atoms with Crippen LogP contribution in [0.4, 0.5) is 0 Å². The maximum atomic E-state index is 12.0. The first-order valence-electron chi connectivity index (χ1n) is 6.65. The molecule has 2 aromatic rings. The average molecular weight is 308 g/mol. The van der Waals surface area contributed by atoms with Crippen molar-refractivity contribution in [1.82, 2.24) is 9.78 Å². The van der Waals surface area contributed by atoms with Crippen LogP contribution in [0, 0.1) is 0 Å². The van der Waals surface area contributed by atoms with E-state index < -0.39 is 9.84 Å². The highest BCUT2D eigenvalue weighted by Crippen LogP contribution is 2.24. The van der Waals surface area contributed by atoms with Crippen molar-refractivity contribution in [3.8, 4) is 17.0 Å². The first-order valence-corrected chi connectivity index (χ1v) is 8.47. The van der Waals surface area contributed by atoms with E-state index in [0.29, 0.717) is 12.1 Å². The molecule has 0 spiro atoms. The zero-order chi connectivity index (χ0) is 15.0. The Labute approximate surface area is 122 Å². The number of H-pyrrole nitrogens is 1. The molecule has 2 heterocycles. The molecule has 0 saturated carbocycles. The first kappa shape index (κ1) is 13.9. The van der Waals surface area contributed by atoms with Crippen molar-refractivity contribution in [2.45, 2.75) is 12.5 Å². The van der Waals surface area contributed by atoms with E-state index in [-0.39, 0.29) is 23.1 Å². The van der Waals surface area contributed by atoms with Gasteiger partial charge in [0.25, 0.3) is 5.56 Å². The summed E-state index contributed by atoms with van der Waals surface area (Å²) in [6.45, 7) is 0. The Morgan fingerprint density at radius 1 is 1.29 bits per heavy atom. The number of benzene rings is 1. The zero-order valence-corrected chi connectivity index (χ0v) is 12.4. The molecule has 1 atom stereocenters. The summed E-state index contributed by atoms with van der Waals surface area (Å²) in [5.74, 6) is 0.902. The van der Waals surface area contributed by atoms with E-state index in [1.807, 2.05) is 24.3 Å². The molecule has 7 heteroatoms. The topological polar surface area (TPSA) is 81.2 Å². The molecule has 6 nitrogen and oxygen atoms in total. The van der Waals surface area contributed by atoms with Gasteiger partial charge >= 0.3 is 0 Å². The monoisotopic (exact) mass is 308 g/mol. The lowest BCUT2D eigenvalue weighted by molar-refractivity contribution is 0.415. The Kier molecular flexibility index (Phi) is 3.36. The molecule has 1 aliphatic heterocycles. The molecule has 1 aromatic carbocycles. The molecule has 21 heavy (non-hydrogen) atoms. The van der Waals surface area contributed by atoms with Crippen LogP contribution in [0.3, 0.4) is 0 Å². The Hall–Kier alpha value is -2.02. The molecular weight excluding hydrogens is 292 g/mol. The van der Waals surface area contributed by atoms with Crippen molar-refractivity contribution in [3.63, 3.8) is 0 Å². The lowest BCUT2D eigenvalue weighted by atomic mass is 10.1. The number of hydrogen-bond donors (Lipinski definition) is 1. The van der Waals surface area contributed by atoms with Gasteiger partial charge in [-0.05, 0) is 36.2 Å². The molecule has 0 unspecified atom stereocenters. The summed E-state index contributed by atoms with van der Waals surface area (Å²) in [6.07, 6.45) is 0.477. The predicted molar refractivity (Wildman–Crippen MR) is 79.3 cm³/mol. The van der Waals surface area contributed by atoms with E-state index in [0.717, 1.165) is 11.3 Å². The van der Waals surface area contributed by atoms with E-state index in [9.17, 15) is 13.2 Å². The second-order valence-electron chi connectivity index (χ2n) is 5.16. The highest BCUT2D eigenvalue weighted by atomic mass is 32.2. The van der Waals surface area contributed by atoms with Crippen molar-refractivity contribution in [3.05, 3.63) is 40.7 Å². The fourth-order valence-electron chi connectivity index (χ4n) is 2.58. The van der Waals surface area contributed by atoms with Gasteiger partial charge < -0.3 is 4.74 Å². The van der Waals surface area contributed by atoms with Gasteiger partial charge in [-0.1, -0.05) is 0 Å². The minimum atomic E-state index is -3.02. The van der Waals surface area contributed by atoms with E-state index >= 15 is 0 Å². The molecule has 1 fully saturated rings. The Morgan fingerprint density at radius 3 is 2.57 bits per heavy atom. The van der Waals surface area contributed by atoms with Crippen LogP contribution < -0.4 is 10.3 Å². The molecule has 0 radical (unpaired) electrons. The van der Waals surface area contributed by atoms with Crippen LogP contribution in [-0.2, 0) is 9.84 Å². The quantitative estimate of drug-likeness (QED) is 0.924. The van der Waals surface area contributed by atoms with E-state index in [4.69, 9.17) is 4.74 Å². The molecule has 0 aliphatic carbocycles. The molecule has 0 amide bonds. The molecule has 1 N–H and O–H groups in total. The van der Waals surface area contributed by atoms with Gasteiger partial charge in [0, 0.05) is 6.07 Å². The zero-order valence-electron chi connectivity index (χ0n) is 11.6. The number of aromatic amines is 1. The summed E-state index contributed by atoms with van der Waals surface area (Å²) in [4.78, 5) is 12.0. The molecular formula is C14H16N2O4S.